The van der Waals surface area contributed by atoms with E-state index in [0.29, 0.717) is 6.04 Å². The summed E-state index contributed by atoms with van der Waals surface area (Å²) in [5.74, 6) is 0.336. The Hall–Kier alpha value is -0.700. The second kappa shape index (κ2) is 1.89. The molecule has 2 rings (SSSR count). The summed E-state index contributed by atoms with van der Waals surface area (Å²) in [7, 11) is 0. The van der Waals surface area contributed by atoms with Gasteiger partial charge in [-0.3, -0.25) is 9.79 Å². The van der Waals surface area contributed by atoms with Crippen LogP contribution in [-0.2, 0) is 4.79 Å². The lowest BCUT2D eigenvalue weighted by atomic mass is 9.97. The molecule has 0 radical (unpaired) electrons. The van der Waals surface area contributed by atoms with Gasteiger partial charge in [-0.15, -0.1) is 0 Å². The van der Waals surface area contributed by atoms with Crippen molar-refractivity contribution in [3.8, 4) is 0 Å². The molecule has 2 aliphatic rings. The Morgan fingerprint density at radius 3 is 3.30 bits per heavy atom. The van der Waals surface area contributed by atoms with Gasteiger partial charge in [0.05, 0.1) is 18.2 Å². The second-order valence-electron chi connectivity index (χ2n) is 2.97. The average molecular weight is 138 g/mol. The van der Waals surface area contributed by atoms with Gasteiger partial charge in [0.15, 0.2) is 5.78 Å². The van der Waals surface area contributed by atoms with Gasteiger partial charge in [-0.1, -0.05) is 0 Å². The van der Waals surface area contributed by atoms with Crippen LogP contribution in [0.3, 0.4) is 0 Å². The van der Waals surface area contributed by atoms with Crippen molar-refractivity contribution in [1.82, 2.24) is 5.32 Å². The van der Waals surface area contributed by atoms with E-state index in [1.165, 1.54) is 6.21 Å². The highest BCUT2D eigenvalue weighted by molar-refractivity contribution is 6.30. The molecule has 2 aliphatic heterocycles. The number of rotatable bonds is 0. The van der Waals surface area contributed by atoms with Crippen molar-refractivity contribution in [3.05, 3.63) is 0 Å². The lowest BCUT2D eigenvalue weighted by molar-refractivity contribution is -0.115. The molecule has 0 aromatic carbocycles. The molecule has 1 N–H and O–H groups in total. The number of hydrogen-bond acceptors (Lipinski definition) is 3. The number of nitrogens with zero attached hydrogens (tertiary/aromatic N) is 1. The van der Waals surface area contributed by atoms with Crippen LogP contribution < -0.4 is 5.32 Å². The lowest BCUT2D eigenvalue weighted by Gasteiger charge is -2.08. The monoisotopic (exact) mass is 138 g/mol. The van der Waals surface area contributed by atoms with E-state index in [-0.39, 0.29) is 17.7 Å². The molecule has 0 spiro atoms. The highest BCUT2D eigenvalue weighted by Gasteiger charge is 2.40. The Balaban J connectivity index is 2.25. The molecule has 0 saturated carbocycles. The van der Waals surface area contributed by atoms with E-state index in [2.05, 4.69) is 10.3 Å². The Kier molecular flexibility index (Phi) is 1.14. The fourth-order valence-corrected chi connectivity index (χ4v) is 1.73. The predicted octanol–water partition coefficient (Wildman–Crippen LogP) is -0.384. The molecular formula is C7H10N2O. The number of Topliss-reactive ketones (excluding diaryl/α,β-unsaturated/α-hetero) is 1. The molecule has 1 saturated heterocycles. The van der Waals surface area contributed by atoms with E-state index in [4.69, 9.17) is 0 Å². The predicted molar refractivity (Wildman–Crippen MR) is 38.2 cm³/mol. The van der Waals surface area contributed by atoms with E-state index in [1.807, 2.05) is 6.92 Å². The van der Waals surface area contributed by atoms with Crippen LogP contribution in [0.5, 0.6) is 0 Å². The van der Waals surface area contributed by atoms with Crippen LogP contribution in [0.25, 0.3) is 0 Å². The number of nitrogens with one attached hydrogen (secondary N) is 1. The zero-order valence-corrected chi connectivity index (χ0v) is 5.87. The summed E-state index contributed by atoms with van der Waals surface area (Å²) in [5.41, 5.74) is 0. The Bertz CT molecular complexity index is 200. The molecular weight excluding hydrogens is 128 g/mol. The van der Waals surface area contributed by atoms with E-state index in [1.54, 1.807) is 0 Å². The first-order chi connectivity index (χ1) is 4.79. The number of carbonyl (C=O) groups is 1. The third-order valence-electron chi connectivity index (χ3n) is 2.32. The van der Waals surface area contributed by atoms with E-state index in [9.17, 15) is 4.79 Å². The second-order valence-corrected chi connectivity index (χ2v) is 2.97. The molecule has 2 heterocycles. The smallest absolute Gasteiger partial charge is 0.180 e. The van der Waals surface area contributed by atoms with E-state index < -0.39 is 0 Å². The number of aliphatic imine (C=N–C) groups is 1. The summed E-state index contributed by atoms with van der Waals surface area (Å²) in [6.45, 7) is 2.91. The van der Waals surface area contributed by atoms with Crippen LogP contribution in [0.1, 0.15) is 6.92 Å². The molecule has 10 heavy (non-hydrogen) atoms. The fourth-order valence-electron chi connectivity index (χ4n) is 1.73. The molecule has 0 aliphatic carbocycles. The molecule has 3 nitrogen and oxygen atoms in total. The topological polar surface area (TPSA) is 41.5 Å². The van der Waals surface area contributed by atoms with Gasteiger partial charge in [-0.2, -0.15) is 0 Å². The Morgan fingerprint density at radius 1 is 1.80 bits per heavy atom. The highest BCUT2D eigenvalue weighted by atomic mass is 16.1. The maximum absolute atomic E-state index is 11.1. The fraction of sp³-hybridized carbons (Fsp3) is 0.714. The summed E-state index contributed by atoms with van der Waals surface area (Å²) < 4.78 is 0. The summed E-state index contributed by atoms with van der Waals surface area (Å²) in [5, 5.41) is 3.22. The van der Waals surface area contributed by atoms with E-state index >= 15 is 0 Å². The molecule has 3 heteroatoms. The third-order valence-corrected chi connectivity index (χ3v) is 2.32. The molecule has 0 aromatic rings. The van der Waals surface area contributed by atoms with Gasteiger partial charge >= 0.3 is 0 Å². The van der Waals surface area contributed by atoms with Crippen LogP contribution in [0, 0.1) is 5.92 Å². The number of ketones is 1. The minimum absolute atomic E-state index is 0.139. The van der Waals surface area contributed by atoms with Crippen molar-refractivity contribution < 1.29 is 4.79 Å². The van der Waals surface area contributed by atoms with Crippen LogP contribution in [0.4, 0.5) is 0 Å². The van der Waals surface area contributed by atoms with Crippen LogP contribution in [-0.4, -0.2) is 30.6 Å². The first kappa shape index (κ1) is 6.04. The van der Waals surface area contributed by atoms with Crippen LogP contribution in [0.15, 0.2) is 4.99 Å². The first-order valence-electron chi connectivity index (χ1n) is 3.59. The Morgan fingerprint density at radius 2 is 2.60 bits per heavy atom. The number of hydrogen-bond donors (Lipinski definition) is 1. The SMILES string of the molecule is CC1NCC2N=CC(=O)C21. The summed E-state index contributed by atoms with van der Waals surface area (Å²) in [6.07, 6.45) is 1.48. The zero-order valence-electron chi connectivity index (χ0n) is 5.87. The molecule has 3 atom stereocenters. The van der Waals surface area contributed by atoms with Gasteiger partial charge < -0.3 is 5.32 Å². The molecule has 1 fully saturated rings. The normalized spacial score (nSPS) is 44.5. The summed E-state index contributed by atoms with van der Waals surface area (Å²) >= 11 is 0. The van der Waals surface area contributed by atoms with Gasteiger partial charge in [0.25, 0.3) is 0 Å². The molecule has 0 aromatic heterocycles. The minimum atomic E-state index is 0.139. The van der Waals surface area contributed by atoms with Crippen molar-refractivity contribution in [3.63, 3.8) is 0 Å². The van der Waals surface area contributed by atoms with Crippen molar-refractivity contribution in [2.45, 2.75) is 19.0 Å². The van der Waals surface area contributed by atoms with Gasteiger partial charge in [0.1, 0.15) is 0 Å². The molecule has 54 valence electrons. The van der Waals surface area contributed by atoms with Crippen molar-refractivity contribution >= 4 is 12.0 Å². The van der Waals surface area contributed by atoms with Gasteiger partial charge in [-0.05, 0) is 6.92 Å². The quantitative estimate of drug-likeness (QED) is 0.495. The summed E-state index contributed by atoms with van der Waals surface area (Å²) in [6, 6.07) is 0.558. The first-order valence-corrected chi connectivity index (χ1v) is 3.59. The zero-order chi connectivity index (χ0) is 7.14. The average Bonchev–Trinajstić information content (AvgIpc) is 2.40. The van der Waals surface area contributed by atoms with Crippen molar-refractivity contribution in [1.29, 1.82) is 0 Å². The number of fused-ring (bicyclic) bond motifs is 1. The van der Waals surface area contributed by atoms with E-state index in [0.717, 1.165) is 6.54 Å². The van der Waals surface area contributed by atoms with Crippen LogP contribution >= 0.6 is 0 Å². The van der Waals surface area contributed by atoms with Crippen LogP contribution in [0.2, 0.25) is 0 Å². The highest BCUT2D eigenvalue weighted by Crippen LogP contribution is 2.23. The maximum atomic E-state index is 11.1. The summed E-state index contributed by atoms with van der Waals surface area (Å²) in [4.78, 5) is 15.2. The van der Waals surface area contributed by atoms with Gasteiger partial charge in [0.2, 0.25) is 0 Å². The number of carbonyl (C=O) groups excluding carboxylic acids is 1. The maximum Gasteiger partial charge on any atom is 0.180 e. The van der Waals surface area contributed by atoms with Crippen molar-refractivity contribution in [2.75, 3.05) is 6.54 Å². The molecule has 3 unspecified atom stereocenters. The van der Waals surface area contributed by atoms with Gasteiger partial charge in [-0.25, -0.2) is 0 Å². The van der Waals surface area contributed by atoms with Crippen molar-refractivity contribution in [2.24, 2.45) is 10.9 Å². The standard InChI is InChI=1S/C7H10N2O/c1-4-7-5(2-8-4)9-3-6(7)10/h3-5,7-8H,2H2,1H3. The minimum Gasteiger partial charge on any atom is -0.311 e. The largest absolute Gasteiger partial charge is 0.311 e. The Labute approximate surface area is 59.5 Å². The molecule has 0 bridgehead atoms. The third kappa shape index (κ3) is 0.639. The molecule has 0 amide bonds. The van der Waals surface area contributed by atoms with Gasteiger partial charge in [0, 0.05) is 12.6 Å². The lowest BCUT2D eigenvalue weighted by Crippen LogP contribution is -2.28.